The van der Waals surface area contributed by atoms with Gasteiger partial charge < -0.3 is 14.4 Å². The van der Waals surface area contributed by atoms with Crippen LogP contribution in [0.3, 0.4) is 0 Å². The van der Waals surface area contributed by atoms with E-state index in [1.54, 1.807) is 12.4 Å². The molecule has 0 unspecified atom stereocenters. The number of rotatable bonds is 9. The zero-order valence-electron chi connectivity index (χ0n) is 17.6. The van der Waals surface area contributed by atoms with Crippen LogP contribution in [0.25, 0.3) is 0 Å². The van der Waals surface area contributed by atoms with E-state index in [1.807, 2.05) is 54.3 Å². The number of nitrogens with zero attached hydrogens (tertiary/aromatic N) is 2. The number of para-hydroxylation sites is 1. The fourth-order valence-corrected chi connectivity index (χ4v) is 3.86. The molecular weight excluding hydrogens is 380 g/mol. The molecule has 0 aliphatic carbocycles. The highest BCUT2D eigenvalue weighted by Crippen LogP contribution is 2.37. The van der Waals surface area contributed by atoms with E-state index in [1.165, 1.54) is 0 Å². The van der Waals surface area contributed by atoms with E-state index in [4.69, 9.17) is 9.47 Å². The van der Waals surface area contributed by atoms with E-state index in [9.17, 15) is 9.59 Å². The number of carbonyl (C=O) groups excluding carboxylic acids is 2. The van der Waals surface area contributed by atoms with Gasteiger partial charge in [0.15, 0.2) is 0 Å². The van der Waals surface area contributed by atoms with E-state index in [0.29, 0.717) is 58.4 Å². The number of hydrogen-bond acceptors (Lipinski definition) is 5. The summed E-state index contributed by atoms with van der Waals surface area (Å²) >= 11 is 0. The number of aryl methyl sites for hydroxylation is 1. The average Bonchev–Trinajstić information content (AvgIpc) is 2.79. The molecule has 1 amide bonds. The summed E-state index contributed by atoms with van der Waals surface area (Å²) in [5.41, 5.74) is 0.465. The van der Waals surface area contributed by atoms with E-state index in [2.05, 4.69) is 4.98 Å². The number of benzene rings is 1. The number of piperidine rings is 1. The van der Waals surface area contributed by atoms with Crippen molar-refractivity contribution in [2.75, 3.05) is 26.3 Å². The fraction of sp³-hybridized carbons (Fsp3) is 0.458. The summed E-state index contributed by atoms with van der Waals surface area (Å²) in [5, 5.41) is 0. The highest BCUT2D eigenvalue weighted by molar-refractivity contribution is 5.79. The summed E-state index contributed by atoms with van der Waals surface area (Å²) in [6.45, 7) is 3.75. The Morgan fingerprint density at radius 1 is 1.10 bits per heavy atom. The first kappa shape index (κ1) is 21.8. The third kappa shape index (κ3) is 5.81. The van der Waals surface area contributed by atoms with Crippen LogP contribution in [0, 0.1) is 5.41 Å². The molecule has 1 aliphatic rings. The van der Waals surface area contributed by atoms with E-state index in [-0.39, 0.29) is 11.9 Å². The molecule has 0 radical (unpaired) electrons. The van der Waals surface area contributed by atoms with Crippen LogP contribution >= 0.6 is 0 Å². The molecule has 0 N–H and O–H groups in total. The van der Waals surface area contributed by atoms with Gasteiger partial charge in [-0.2, -0.15) is 0 Å². The molecule has 2 heterocycles. The Bertz CT molecular complexity index is 802. The second-order valence-corrected chi connectivity index (χ2v) is 7.65. The van der Waals surface area contributed by atoms with Crippen LogP contribution in [0.5, 0.6) is 5.75 Å². The maximum atomic E-state index is 12.8. The molecular formula is C24H30N2O4. The number of likely N-dealkylation sites (tertiary alicyclic amines) is 1. The van der Waals surface area contributed by atoms with Crippen LogP contribution < -0.4 is 4.74 Å². The van der Waals surface area contributed by atoms with Gasteiger partial charge in [-0.1, -0.05) is 24.3 Å². The normalized spacial score (nSPS) is 15.4. The zero-order valence-corrected chi connectivity index (χ0v) is 17.6. The molecule has 160 valence electrons. The molecule has 2 aromatic rings. The van der Waals surface area contributed by atoms with Crippen LogP contribution in [0.4, 0.5) is 0 Å². The molecule has 6 heteroatoms. The standard InChI is InChI=1S/C24H30N2O4/c1-2-29-23(28)24(14-18-30-21-8-4-3-5-9-21)12-16-26(17-13-24)22(27)11-10-20-7-6-15-25-19-20/h3-9,15,19H,2,10-14,16-18H2,1H3. The third-order valence-corrected chi connectivity index (χ3v) is 5.72. The van der Waals surface area contributed by atoms with E-state index < -0.39 is 5.41 Å². The molecule has 6 nitrogen and oxygen atoms in total. The molecule has 0 bridgehead atoms. The first-order valence-electron chi connectivity index (χ1n) is 10.6. The Kier molecular flexibility index (Phi) is 7.82. The largest absolute Gasteiger partial charge is 0.494 e. The summed E-state index contributed by atoms with van der Waals surface area (Å²) in [5.74, 6) is 0.737. The van der Waals surface area contributed by atoms with Gasteiger partial charge in [0.05, 0.1) is 18.6 Å². The van der Waals surface area contributed by atoms with Crippen molar-refractivity contribution in [1.29, 1.82) is 0 Å². The van der Waals surface area contributed by atoms with Gasteiger partial charge in [-0.05, 0) is 56.4 Å². The number of ether oxygens (including phenoxy) is 2. The molecule has 3 rings (SSSR count). The van der Waals surface area contributed by atoms with Crippen molar-refractivity contribution < 1.29 is 19.1 Å². The van der Waals surface area contributed by atoms with Crippen LogP contribution in [0.2, 0.25) is 0 Å². The van der Waals surface area contributed by atoms with E-state index >= 15 is 0 Å². The van der Waals surface area contributed by atoms with Crippen molar-refractivity contribution >= 4 is 11.9 Å². The van der Waals surface area contributed by atoms with Crippen LogP contribution in [0.1, 0.15) is 38.2 Å². The number of esters is 1. The fourth-order valence-electron chi connectivity index (χ4n) is 3.86. The number of aromatic nitrogens is 1. The maximum Gasteiger partial charge on any atom is 0.312 e. The van der Waals surface area contributed by atoms with Gasteiger partial charge >= 0.3 is 5.97 Å². The van der Waals surface area contributed by atoms with Crippen molar-refractivity contribution in [3.05, 3.63) is 60.4 Å². The molecule has 0 saturated carbocycles. The van der Waals surface area contributed by atoms with E-state index in [0.717, 1.165) is 11.3 Å². The Labute approximate surface area is 178 Å². The molecule has 1 saturated heterocycles. The van der Waals surface area contributed by atoms with Gasteiger partial charge in [0, 0.05) is 31.9 Å². The lowest BCUT2D eigenvalue weighted by atomic mass is 9.75. The molecule has 0 spiro atoms. The second kappa shape index (κ2) is 10.8. The molecule has 1 aromatic carbocycles. The number of pyridine rings is 1. The lowest BCUT2D eigenvalue weighted by Gasteiger charge is -2.40. The molecule has 30 heavy (non-hydrogen) atoms. The summed E-state index contributed by atoms with van der Waals surface area (Å²) in [7, 11) is 0. The predicted octanol–water partition coefficient (Wildman–Crippen LogP) is 3.66. The maximum absolute atomic E-state index is 12.8. The van der Waals surface area contributed by atoms with Gasteiger partial charge in [0.25, 0.3) is 0 Å². The average molecular weight is 411 g/mol. The van der Waals surface area contributed by atoms with Gasteiger partial charge in [0.1, 0.15) is 5.75 Å². The second-order valence-electron chi connectivity index (χ2n) is 7.65. The molecule has 0 atom stereocenters. The molecule has 1 aliphatic heterocycles. The number of amides is 1. The van der Waals surface area contributed by atoms with Crippen molar-refractivity contribution in [2.45, 2.75) is 39.0 Å². The topological polar surface area (TPSA) is 68.7 Å². The lowest BCUT2D eigenvalue weighted by Crippen LogP contribution is -2.47. The summed E-state index contributed by atoms with van der Waals surface area (Å²) in [6, 6.07) is 13.5. The Balaban J connectivity index is 1.54. The van der Waals surface area contributed by atoms with Crippen molar-refractivity contribution in [2.24, 2.45) is 5.41 Å². The minimum absolute atomic E-state index is 0.122. The van der Waals surface area contributed by atoms with Crippen molar-refractivity contribution in [3.63, 3.8) is 0 Å². The van der Waals surface area contributed by atoms with Crippen LogP contribution in [0.15, 0.2) is 54.9 Å². The predicted molar refractivity (Wildman–Crippen MR) is 114 cm³/mol. The van der Waals surface area contributed by atoms with Crippen molar-refractivity contribution in [1.82, 2.24) is 9.88 Å². The zero-order chi connectivity index (χ0) is 21.2. The highest BCUT2D eigenvalue weighted by atomic mass is 16.5. The minimum Gasteiger partial charge on any atom is -0.494 e. The highest BCUT2D eigenvalue weighted by Gasteiger charge is 2.43. The van der Waals surface area contributed by atoms with Crippen LogP contribution in [-0.4, -0.2) is 48.1 Å². The Hall–Kier alpha value is -2.89. The summed E-state index contributed by atoms with van der Waals surface area (Å²) < 4.78 is 11.2. The number of carbonyl (C=O) groups is 2. The monoisotopic (exact) mass is 410 g/mol. The van der Waals surface area contributed by atoms with Gasteiger partial charge in [-0.3, -0.25) is 14.6 Å². The van der Waals surface area contributed by atoms with Gasteiger partial charge in [-0.25, -0.2) is 0 Å². The van der Waals surface area contributed by atoms with Gasteiger partial charge in [-0.15, -0.1) is 0 Å². The summed E-state index contributed by atoms with van der Waals surface area (Å²) in [6.07, 6.45) is 6.43. The first-order valence-corrected chi connectivity index (χ1v) is 10.6. The van der Waals surface area contributed by atoms with Crippen LogP contribution in [-0.2, 0) is 20.7 Å². The first-order chi connectivity index (χ1) is 14.6. The van der Waals surface area contributed by atoms with Gasteiger partial charge in [0.2, 0.25) is 5.91 Å². The third-order valence-electron chi connectivity index (χ3n) is 5.72. The SMILES string of the molecule is CCOC(=O)C1(CCOc2ccccc2)CCN(C(=O)CCc2cccnc2)CC1. The summed E-state index contributed by atoms with van der Waals surface area (Å²) in [4.78, 5) is 31.4. The number of hydrogen-bond donors (Lipinski definition) is 0. The lowest BCUT2D eigenvalue weighted by molar-refractivity contribution is -0.161. The smallest absolute Gasteiger partial charge is 0.312 e. The minimum atomic E-state index is -0.592. The molecule has 1 aromatic heterocycles. The Morgan fingerprint density at radius 3 is 2.53 bits per heavy atom. The van der Waals surface area contributed by atoms with Crippen molar-refractivity contribution in [3.8, 4) is 5.75 Å². The quantitative estimate of drug-likeness (QED) is 0.590. The Morgan fingerprint density at radius 2 is 1.87 bits per heavy atom. The molecule has 1 fully saturated rings.